The molecule has 0 bridgehead atoms. The van der Waals surface area contributed by atoms with Crippen molar-refractivity contribution in [3.05, 3.63) is 48.0 Å². The highest BCUT2D eigenvalue weighted by Crippen LogP contribution is 2.36. The number of carbonyl (C=O) groups excluding carboxylic acids is 2. The van der Waals surface area contributed by atoms with Crippen LogP contribution in [0.2, 0.25) is 0 Å². The number of fused-ring (bicyclic) bond motifs is 1. The van der Waals surface area contributed by atoms with E-state index >= 15 is 0 Å². The first-order valence-corrected chi connectivity index (χ1v) is 10.7. The van der Waals surface area contributed by atoms with Crippen molar-refractivity contribution in [1.82, 2.24) is 10.2 Å². The maximum Gasteiger partial charge on any atom is 0.222 e. The summed E-state index contributed by atoms with van der Waals surface area (Å²) in [6.45, 7) is 1.78. The number of nitrogens with zero attached hydrogens (tertiary/aromatic N) is 1. The first kappa shape index (κ1) is 20.3. The molecule has 6 nitrogen and oxygen atoms in total. The molecule has 1 atom stereocenters. The van der Waals surface area contributed by atoms with Crippen LogP contribution in [0.5, 0.6) is 11.5 Å². The number of aromatic hydroxyl groups is 1. The van der Waals surface area contributed by atoms with Gasteiger partial charge in [-0.3, -0.25) is 9.59 Å². The van der Waals surface area contributed by atoms with Crippen LogP contribution in [0.1, 0.15) is 50.1 Å². The lowest BCUT2D eigenvalue weighted by Crippen LogP contribution is -2.37. The lowest BCUT2D eigenvalue weighted by Gasteiger charge is -2.28. The first-order chi connectivity index (χ1) is 14.6. The van der Waals surface area contributed by atoms with E-state index < -0.39 is 0 Å². The van der Waals surface area contributed by atoms with Gasteiger partial charge < -0.3 is 20.1 Å². The molecule has 2 heterocycles. The summed E-state index contributed by atoms with van der Waals surface area (Å²) in [6.07, 6.45) is 4.64. The smallest absolute Gasteiger partial charge is 0.222 e. The maximum absolute atomic E-state index is 12.6. The third-order valence-corrected chi connectivity index (χ3v) is 5.84. The third-order valence-electron chi connectivity index (χ3n) is 5.84. The number of phenols is 1. The Hall–Kier alpha value is -3.02. The van der Waals surface area contributed by atoms with Gasteiger partial charge in [0.2, 0.25) is 11.8 Å². The molecule has 2 aromatic carbocycles. The summed E-state index contributed by atoms with van der Waals surface area (Å²) < 4.78 is 5.78. The van der Waals surface area contributed by atoms with Crippen molar-refractivity contribution in [1.29, 1.82) is 0 Å². The molecule has 0 saturated carbocycles. The molecular weight excluding hydrogens is 380 g/mol. The van der Waals surface area contributed by atoms with Crippen LogP contribution in [0.15, 0.2) is 42.5 Å². The van der Waals surface area contributed by atoms with Gasteiger partial charge in [0.05, 0.1) is 12.6 Å². The van der Waals surface area contributed by atoms with Gasteiger partial charge in [-0.2, -0.15) is 0 Å². The minimum Gasteiger partial charge on any atom is -0.508 e. The van der Waals surface area contributed by atoms with E-state index in [2.05, 4.69) is 5.32 Å². The molecule has 2 amide bonds. The van der Waals surface area contributed by atoms with E-state index in [1.165, 1.54) is 0 Å². The minimum atomic E-state index is -0.127. The number of rotatable bonds is 5. The fourth-order valence-corrected chi connectivity index (χ4v) is 4.19. The van der Waals surface area contributed by atoms with Crippen molar-refractivity contribution in [2.45, 2.75) is 44.6 Å². The molecule has 2 N–H and O–H groups in total. The number of phenolic OH excluding ortho intramolecular Hbond substituents is 1. The van der Waals surface area contributed by atoms with Gasteiger partial charge in [-0.1, -0.05) is 24.6 Å². The number of likely N-dealkylation sites (tertiary alicyclic amines) is 1. The quantitative estimate of drug-likeness (QED) is 0.789. The van der Waals surface area contributed by atoms with Gasteiger partial charge in [0.15, 0.2) is 0 Å². The number of amides is 2. The number of hydrogen-bond donors (Lipinski definition) is 2. The van der Waals surface area contributed by atoms with E-state index in [1.54, 1.807) is 12.1 Å². The molecule has 0 aromatic heterocycles. The summed E-state index contributed by atoms with van der Waals surface area (Å²) in [5.41, 5.74) is 2.82. The molecule has 30 heavy (non-hydrogen) atoms. The first-order valence-electron chi connectivity index (χ1n) is 10.7. The van der Waals surface area contributed by atoms with Gasteiger partial charge in [0.1, 0.15) is 11.5 Å². The van der Waals surface area contributed by atoms with Crippen molar-refractivity contribution < 1.29 is 19.4 Å². The molecule has 2 aliphatic rings. The Bertz CT molecular complexity index is 927. The van der Waals surface area contributed by atoms with E-state index in [0.29, 0.717) is 32.4 Å². The number of nitrogens with one attached hydrogen (secondary N) is 1. The highest BCUT2D eigenvalue weighted by Gasteiger charge is 2.24. The lowest BCUT2D eigenvalue weighted by molar-refractivity contribution is -0.131. The fourth-order valence-electron chi connectivity index (χ4n) is 4.19. The average molecular weight is 408 g/mol. The molecule has 6 heteroatoms. The number of benzene rings is 2. The monoisotopic (exact) mass is 408 g/mol. The second kappa shape index (κ2) is 9.20. The van der Waals surface area contributed by atoms with Gasteiger partial charge in [0.25, 0.3) is 0 Å². The standard InChI is InChI=1S/C24H28N2O4/c27-19-6-4-5-17(15-19)18-8-9-22-20(16-18)21(11-14-30-22)25-23(28)10-13-26-12-3-1-2-7-24(26)29/h4-6,8-9,15-16,21,27H,1-3,7,10-14H2,(H,25,28). The van der Waals surface area contributed by atoms with Crippen molar-refractivity contribution in [3.8, 4) is 22.6 Å². The van der Waals surface area contributed by atoms with Crippen molar-refractivity contribution in [3.63, 3.8) is 0 Å². The summed E-state index contributed by atoms with van der Waals surface area (Å²) >= 11 is 0. The van der Waals surface area contributed by atoms with E-state index in [4.69, 9.17) is 4.74 Å². The largest absolute Gasteiger partial charge is 0.508 e. The summed E-state index contributed by atoms with van der Waals surface area (Å²) in [6, 6.07) is 12.9. The number of ether oxygens (including phenoxy) is 1. The highest BCUT2D eigenvalue weighted by molar-refractivity contribution is 5.79. The fraction of sp³-hybridized carbons (Fsp3) is 0.417. The minimum absolute atomic E-state index is 0.0485. The molecule has 0 aliphatic carbocycles. The van der Waals surface area contributed by atoms with Crippen LogP contribution in [-0.4, -0.2) is 41.5 Å². The van der Waals surface area contributed by atoms with E-state index in [0.717, 1.165) is 48.2 Å². The third kappa shape index (κ3) is 4.75. The summed E-state index contributed by atoms with van der Waals surface area (Å²) in [7, 11) is 0. The predicted octanol–water partition coefficient (Wildman–Crippen LogP) is 3.79. The molecule has 0 radical (unpaired) electrons. The van der Waals surface area contributed by atoms with Crippen LogP contribution in [0.25, 0.3) is 11.1 Å². The van der Waals surface area contributed by atoms with Crippen LogP contribution in [0, 0.1) is 0 Å². The summed E-state index contributed by atoms with van der Waals surface area (Å²) in [5.74, 6) is 1.10. The van der Waals surface area contributed by atoms with Crippen molar-refractivity contribution in [2.24, 2.45) is 0 Å². The Balaban J connectivity index is 1.44. The van der Waals surface area contributed by atoms with Crippen LogP contribution in [0.3, 0.4) is 0 Å². The Morgan fingerprint density at radius 1 is 1.13 bits per heavy atom. The Morgan fingerprint density at radius 2 is 2.00 bits per heavy atom. The number of carbonyl (C=O) groups is 2. The molecule has 1 fully saturated rings. The lowest BCUT2D eigenvalue weighted by atomic mass is 9.95. The second-order valence-electron chi connectivity index (χ2n) is 8.00. The summed E-state index contributed by atoms with van der Waals surface area (Å²) in [5, 5.41) is 12.9. The van der Waals surface area contributed by atoms with Gasteiger partial charge in [-0.05, 0) is 48.2 Å². The van der Waals surface area contributed by atoms with E-state index in [-0.39, 0.29) is 23.6 Å². The molecule has 158 valence electrons. The maximum atomic E-state index is 12.6. The van der Waals surface area contributed by atoms with Crippen LogP contribution in [-0.2, 0) is 9.59 Å². The highest BCUT2D eigenvalue weighted by atomic mass is 16.5. The molecule has 0 spiro atoms. The molecule has 1 saturated heterocycles. The predicted molar refractivity (Wildman–Crippen MR) is 114 cm³/mol. The Kier molecular flexibility index (Phi) is 6.21. The average Bonchev–Trinajstić information content (AvgIpc) is 2.96. The zero-order chi connectivity index (χ0) is 20.9. The normalized spacial score (nSPS) is 18.9. The molecular formula is C24H28N2O4. The van der Waals surface area contributed by atoms with Gasteiger partial charge >= 0.3 is 0 Å². The van der Waals surface area contributed by atoms with Crippen molar-refractivity contribution >= 4 is 11.8 Å². The Morgan fingerprint density at radius 3 is 2.87 bits per heavy atom. The molecule has 4 rings (SSSR count). The van der Waals surface area contributed by atoms with Gasteiger partial charge in [-0.15, -0.1) is 0 Å². The topological polar surface area (TPSA) is 78.9 Å². The second-order valence-corrected chi connectivity index (χ2v) is 8.00. The SMILES string of the molecule is O=C(CCN1CCCCCC1=O)NC1CCOc2ccc(-c3cccc(O)c3)cc21. The van der Waals surface area contributed by atoms with Gasteiger partial charge in [0, 0.05) is 37.9 Å². The molecule has 2 aliphatic heterocycles. The van der Waals surface area contributed by atoms with Crippen LogP contribution < -0.4 is 10.1 Å². The van der Waals surface area contributed by atoms with Crippen molar-refractivity contribution in [2.75, 3.05) is 19.7 Å². The molecule has 1 unspecified atom stereocenters. The van der Waals surface area contributed by atoms with E-state index in [9.17, 15) is 14.7 Å². The molecule has 2 aromatic rings. The van der Waals surface area contributed by atoms with Crippen LogP contribution in [0.4, 0.5) is 0 Å². The van der Waals surface area contributed by atoms with Gasteiger partial charge in [-0.25, -0.2) is 0 Å². The zero-order valence-electron chi connectivity index (χ0n) is 17.1. The number of hydrogen-bond acceptors (Lipinski definition) is 4. The zero-order valence-corrected chi connectivity index (χ0v) is 17.1. The summed E-state index contributed by atoms with van der Waals surface area (Å²) in [4.78, 5) is 26.6. The Labute approximate surface area is 176 Å². The van der Waals surface area contributed by atoms with Crippen LogP contribution >= 0.6 is 0 Å². The van der Waals surface area contributed by atoms with E-state index in [1.807, 2.05) is 35.2 Å².